The number of hydrogen-bond donors (Lipinski definition) is 0. The third-order valence-electron chi connectivity index (χ3n) is 5.47. The molecule has 0 aliphatic carbocycles. The Morgan fingerprint density at radius 3 is 2.72 bits per heavy atom. The standard InChI is InChI=1S/C21H24N2O2/c1-14(22(2)3)12-23-11-10-17-18-9-8-15-6-4-5-7-16(15)20(18)25-21(24)19(17)13-23/h4-9,14H,10-13H2,1-3H3. The van der Waals surface area contributed by atoms with E-state index in [0.717, 1.165) is 46.8 Å². The highest BCUT2D eigenvalue weighted by Crippen LogP contribution is 2.30. The molecular formula is C21H24N2O2. The van der Waals surface area contributed by atoms with Gasteiger partial charge >= 0.3 is 5.63 Å². The fourth-order valence-electron chi connectivity index (χ4n) is 3.74. The zero-order valence-electron chi connectivity index (χ0n) is 15.1. The van der Waals surface area contributed by atoms with Gasteiger partial charge in [0.15, 0.2) is 0 Å². The molecule has 1 aliphatic heterocycles. The van der Waals surface area contributed by atoms with Crippen molar-refractivity contribution < 1.29 is 4.42 Å². The van der Waals surface area contributed by atoms with E-state index >= 15 is 0 Å². The van der Waals surface area contributed by atoms with E-state index in [-0.39, 0.29) is 5.63 Å². The van der Waals surface area contributed by atoms with Crippen LogP contribution < -0.4 is 5.63 Å². The predicted molar refractivity (Wildman–Crippen MR) is 102 cm³/mol. The molecule has 0 spiro atoms. The van der Waals surface area contributed by atoms with E-state index in [9.17, 15) is 4.79 Å². The Morgan fingerprint density at radius 1 is 1.12 bits per heavy atom. The molecule has 4 rings (SSSR count). The number of likely N-dealkylation sites (N-methyl/N-ethyl adjacent to an activating group) is 1. The molecule has 0 saturated heterocycles. The first kappa shape index (κ1) is 16.3. The van der Waals surface area contributed by atoms with Crippen LogP contribution in [0, 0.1) is 0 Å². The summed E-state index contributed by atoms with van der Waals surface area (Å²) in [5.41, 5.74) is 2.56. The second-order valence-electron chi connectivity index (χ2n) is 7.31. The first-order valence-corrected chi connectivity index (χ1v) is 8.89. The minimum absolute atomic E-state index is 0.180. The van der Waals surface area contributed by atoms with Crippen molar-refractivity contribution in [1.82, 2.24) is 9.80 Å². The maximum Gasteiger partial charge on any atom is 0.341 e. The van der Waals surface area contributed by atoms with Crippen molar-refractivity contribution in [2.24, 2.45) is 0 Å². The highest BCUT2D eigenvalue weighted by molar-refractivity contribution is 6.05. The lowest BCUT2D eigenvalue weighted by Crippen LogP contribution is -2.42. The number of nitrogens with zero attached hydrogens (tertiary/aromatic N) is 2. The minimum Gasteiger partial charge on any atom is -0.422 e. The molecule has 4 nitrogen and oxygen atoms in total. The second kappa shape index (κ2) is 6.28. The van der Waals surface area contributed by atoms with Crippen LogP contribution in [-0.4, -0.2) is 43.0 Å². The highest BCUT2D eigenvalue weighted by atomic mass is 16.4. The average Bonchev–Trinajstić information content (AvgIpc) is 2.62. The summed E-state index contributed by atoms with van der Waals surface area (Å²) < 4.78 is 5.78. The average molecular weight is 336 g/mol. The van der Waals surface area contributed by atoms with Crippen molar-refractivity contribution in [1.29, 1.82) is 0 Å². The quantitative estimate of drug-likeness (QED) is 0.543. The van der Waals surface area contributed by atoms with Crippen LogP contribution in [0.25, 0.3) is 21.7 Å². The second-order valence-corrected chi connectivity index (χ2v) is 7.31. The van der Waals surface area contributed by atoms with Crippen LogP contribution in [0.4, 0.5) is 0 Å². The summed E-state index contributed by atoms with van der Waals surface area (Å²) in [5, 5.41) is 3.22. The summed E-state index contributed by atoms with van der Waals surface area (Å²) in [6, 6.07) is 12.8. The number of benzene rings is 2. The van der Waals surface area contributed by atoms with Gasteiger partial charge in [-0.15, -0.1) is 0 Å². The summed E-state index contributed by atoms with van der Waals surface area (Å²) >= 11 is 0. The Bertz CT molecular complexity index is 990. The molecule has 0 saturated carbocycles. The summed E-state index contributed by atoms with van der Waals surface area (Å²) in [5.74, 6) is 0. The Kier molecular flexibility index (Phi) is 4.10. The number of fused-ring (bicyclic) bond motifs is 5. The van der Waals surface area contributed by atoms with Crippen molar-refractivity contribution in [3.63, 3.8) is 0 Å². The molecular weight excluding hydrogens is 312 g/mol. The molecule has 4 heteroatoms. The van der Waals surface area contributed by atoms with Crippen LogP contribution in [0.5, 0.6) is 0 Å². The van der Waals surface area contributed by atoms with Crippen molar-refractivity contribution in [3.8, 4) is 0 Å². The van der Waals surface area contributed by atoms with E-state index in [1.165, 1.54) is 5.56 Å². The van der Waals surface area contributed by atoms with Crippen LogP contribution in [0.2, 0.25) is 0 Å². The largest absolute Gasteiger partial charge is 0.422 e. The van der Waals surface area contributed by atoms with E-state index in [1.54, 1.807) is 0 Å². The smallest absolute Gasteiger partial charge is 0.341 e. The molecule has 130 valence electrons. The van der Waals surface area contributed by atoms with E-state index < -0.39 is 0 Å². The lowest BCUT2D eigenvalue weighted by Gasteiger charge is -2.32. The van der Waals surface area contributed by atoms with Crippen LogP contribution in [-0.2, 0) is 13.0 Å². The Hall–Kier alpha value is -2.17. The molecule has 1 aromatic heterocycles. The van der Waals surface area contributed by atoms with Gasteiger partial charge in [0.1, 0.15) is 5.58 Å². The van der Waals surface area contributed by atoms with Gasteiger partial charge in [0, 0.05) is 36.4 Å². The zero-order chi connectivity index (χ0) is 17.6. The van der Waals surface area contributed by atoms with Gasteiger partial charge < -0.3 is 9.32 Å². The van der Waals surface area contributed by atoms with Gasteiger partial charge in [-0.25, -0.2) is 4.79 Å². The molecule has 0 bridgehead atoms. The molecule has 0 amide bonds. The molecule has 1 unspecified atom stereocenters. The lowest BCUT2D eigenvalue weighted by atomic mass is 9.95. The van der Waals surface area contributed by atoms with E-state index in [0.29, 0.717) is 12.6 Å². The normalized spacial score (nSPS) is 16.5. The zero-order valence-corrected chi connectivity index (χ0v) is 15.1. The third-order valence-corrected chi connectivity index (χ3v) is 5.47. The summed E-state index contributed by atoms with van der Waals surface area (Å²) in [4.78, 5) is 17.3. The Labute approximate surface area is 147 Å². The maximum atomic E-state index is 12.7. The SMILES string of the molecule is CC(CN1CCc2c(c(=O)oc3c2ccc2ccccc23)C1)N(C)C. The topological polar surface area (TPSA) is 36.7 Å². The van der Waals surface area contributed by atoms with Gasteiger partial charge in [0.25, 0.3) is 0 Å². The highest BCUT2D eigenvalue weighted by Gasteiger charge is 2.24. The number of hydrogen-bond acceptors (Lipinski definition) is 4. The molecule has 0 radical (unpaired) electrons. The lowest BCUT2D eigenvalue weighted by molar-refractivity contribution is 0.179. The van der Waals surface area contributed by atoms with Crippen LogP contribution in [0.15, 0.2) is 45.6 Å². The Balaban J connectivity index is 1.79. The van der Waals surface area contributed by atoms with Crippen molar-refractivity contribution in [2.75, 3.05) is 27.2 Å². The number of rotatable bonds is 3. The maximum absolute atomic E-state index is 12.7. The van der Waals surface area contributed by atoms with E-state index in [1.807, 2.05) is 18.2 Å². The van der Waals surface area contributed by atoms with Gasteiger partial charge in [-0.1, -0.05) is 36.4 Å². The first-order valence-electron chi connectivity index (χ1n) is 8.89. The van der Waals surface area contributed by atoms with E-state index in [4.69, 9.17) is 4.42 Å². The van der Waals surface area contributed by atoms with Crippen LogP contribution in [0.1, 0.15) is 18.1 Å². The molecule has 25 heavy (non-hydrogen) atoms. The molecule has 0 N–H and O–H groups in total. The fourth-order valence-corrected chi connectivity index (χ4v) is 3.74. The van der Waals surface area contributed by atoms with Gasteiger partial charge in [-0.05, 0) is 38.4 Å². The minimum atomic E-state index is -0.180. The molecule has 0 fully saturated rings. The summed E-state index contributed by atoms with van der Waals surface area (Å²) in [6.45, 7) is 4.83. The fraction of sp³-hybridized carbons (Fsp3) is 0.381. The van der Waals surface area contributed by atoms with Gasteiger partial charge in [-0.3, -0.25) is 4.90 Å². The van der Waals surface area contributed by atoms with Crippen molar-refractivity contribution >= 4 is 21.7 Å². The van der Waals surface area contributed by atoms with Crippen LogP contribution in [0.3, 0.4) is 0 Å². The van der Waals surface area contributed by atoms with Crippen molar-refractivity contribution in [3.05, 3.63) is 57.9 Å². The third kappa shape index (κ3) is 2.86. The first-order chi connectivity index (χ1) is 12.0. The monoisotopic (exact) mass is 336 g/mol. The molecule has 2 aromatic carbocycles. The molecule has 1 atom stereocenters. The van der Waals surface area contributed by atoms with Gasteiger partial charge in [0.05, 0.1) is 5.56 Å². The van der Waals surface area contributed by atoms with Gasteiger partial charge in [0.2, 0.25) is 0 Å². The molecule has 2 heterocycles. The van der Waals surface area contributed by atoms with Gasteiger partial charge in [-0.2, -0.15) is 0 Å². The van der Waals surface area contributed by atoms with E-state index in [2.05, 4.69) is 49.0 Å². The predicted octanol–water partition coefficient (Wildman–Crippen LogP) is 3.25. The molecule has 1 aliphatic rings. The van der Waals surface area contributed by atoms with Crippen LogP contribution >= 0.6 is 0 Å². The van der Waals surface area contributed by atoms with Crippen molar-refractivity contribution in [2.45, 2.75) is 25.9 Å². The molecule has 3 aromatic rings. The summed E-state index contributed by atoms with van der Waals surface area (Å²) in [6.07, 6.45) is 0.899. The summed E-state index contributed by atoms with van der Waals surface area (Å²) in [7, 11) is 4.19. The Morgan fingerprint density at radius 2 is 1.92 bits per heavy atom.